The molecule has 0 aromatic heterocycles. The van der Waals surface area contributed by atoms with Crippen molar-refractivity contribution in [1.29, 1.82) is 0 Å². The van der Waals surface area contributed by atoms with Gasteiger partial charge in [0.2, 0.25) is 10.0 Å². The van der Waals surface area contributed by atoms with Crippen molar-refractivity contribution in [1.82, 2.24) is 4.72 Å². The second kappa shape index (κ2) is 10.7. The molecule has 4 atom stereocenters. The highest BCUT2D eigenvalue weighted by atomic mass is 32.2. The Kier molecular flexibility index (Phi) is 9.29. The third-order valence-electron chi connectivity index (χ3n) is 5.77. The van der Waals surface area contributed by atoms with E-state index in [1.165, 1.54) is 6.42 Å². The van der Waals surface area contributed by atoms with Gasteiger partial charge < -0.3 is 16.1 Å². The quantitative estimate of drug-likeness (QED) is 0.470. The number of carboxylic acid groups (broad SMARTS) is 1. The van der Waals surface area contributed by atoms with E-state index in [2.05, 4.69) is 10.8 Å². The molecule has 6 N–H and O–H groups in total. The van der Waals surface area contributed by atoms with Crippen molar-refractivity contribution in [3.8, 4) is 0 Å². The second-order valence-electron chi connectivity index (χ2n) is 7.45. The Morgan fingerprint density at radius 1 is 1.11 bits per heavy atom. The first-order chi connectivity index (χ1) is 12.5. The fourth-order valence-electron chi connectivity index (χ4n) is 4.52. The minimum Gasteiger partial charge on any atom is -0.481 e. The van der Waals surface area contributed by atoms with E-state index in [0.29, 0.717) is 29.1 Å². The van der Waals surface area contributed by atoms with Gasteiger partial charge >= 0.3 is 5.97 Å². The first-order valence-corrected chi connectivity index (χ1v) is 10.9. The summed E-state index contributed by atoms with van der Waals surface area (Å²) in [7, 11) is -3.49. The van der Waals surface area contributed by atoms with Crippen LogP contribution in [0, 0.1) is 17.8 Å². The monoisotopic (exact) mass is 413 g/mol. The van der Waals surface area contributed by atoms with Crippen LogP contribution in [0.3, 0.4) is 0 Å². The van der Waals surface area contributed by atoms with E-state index in [-0.39, 0.29) is 23.4 Å². The van der Waals surface area contributed by atoms with Crippen LogP contribution in [0.25, 0.3) is 0 Å². The molecule has 28 heavy (non-hydrogen) atoms. The zero-order valence-corrected chi connectivity index (χ0v) is 16.7. The maximum atomic E-state index is 12.7. The average molecular weight is 414 g/mol. The first kappa shape index (κ1) is 24.3. The highest BCUT2D eigenvalue weighted by Crippen LogP contribution is 2.50. The van der Waals surface area contributed by atoms with Gasteiger partial charge in [-0.15, -0.1) is 0 Å². The topological polar surface area (TPSA) is 146 Å². The Balaban J connectivity index is 0.00000196. The number of carbonyl (C=O) groups is 1. The molecule has 8 heteroatoms. The van der Waals surface area contributed by atoms with E-state index in [1.807, 2.05) is 12.1 Å². The molecule has 2 aliphatic rings. The Morgan fingerprint density at radius 3 is 2.46 bits per heavy atom. The molecule has 2 saturated carbocycles. The van der Waals surface area contributed by atoms with Crippen LogP contribution in [0.1, 0.15) is 44.9 Å². The zero-order valence-electron chi connectivity index (χ0n) is 15.9. The van der Waals surface area contributed by atoms with Crippen molar-refractivity contribution >= 4 is 16.0 Å². The number of carboxylic acids is 1. The number of rotatable bonds is 9. The van der Waals surface area contributed by atoms with Crippen LogP contribution in [0.5, 0.6) is 0 Å². The van der Waals surface area contributed by atoms with Crippen molar-refractivity contribution in [3.05, 3.63) is 42.5 Å². The molecule has 2 fully saturated rings. The number of hydrogen-bond acceptors (Lipinski definition) is 3. The van der Waals surface area contributed by atoms with Gasteiger partial charge in [-0.25, -0.2) is 13.1 Å². The van der Waals surface area contributed by atoms with Crippen LogP contribution >= 0.6 is 0 Å². The van der Waals surface area contributed by atoms with Gasteiger partial charge in [0.15, 0.2) is 0 Å². The van der Waals surface area contributed by atoms with Gasteiger partial charge in [-0.3, -0.25) is 4.79 Å². The maximum Gasteiger partial charge on any atom is 0.303 e. The molecule has 2 aliphatic carbocycles. The van der Waals surface area contributed by atoms with E-state index in [1.54, 1.807) is 24.3 Å². The lowest BCUT2D eigenvalue weighted by atomic mass is 9.83. The summed E-state index contributed by atoms with van der Waals surface area (Å²) < 4.78 is 28.4. The molecule has 2 bridgehead atoms. The molecule has 0 spiro atoms. The molecule has 0 aliphatic heterocycles. The van der Waals surface area contributed by atoms with Crippen LogP contribution in [0.15, 0.2) is 47.4 Å². The summed E-state index contributed by atoms with van der Waals surface area (Å²) in [5, 5.41) is 8.66. The minimum atomic E-state index is -3.49. The third kappa shape index (κ3) is 5.88. The van der Waals surface area contributed by atoms with Gasteiger partial charge in [0.1, 0.15) is 0 Å². The van der Waals surface area contributed by atoms with Crippen molar-refractivity contribution in [2.75, 3.05) is 0 Å². The smallest absolute Gasteiger partial charge is 0.303 e. The minimum absolute atomic E-state index is 0. The Labute approximate surface area is 166 Å². The molecule has 3 rings (SSSR count). The van der Waals surface area contributed by atoms with Crippen molar-refractivity contribution in [2.24, 2.45) is 17.8 Å². The lowest BCUT2D eigenvalue weighted by Crippen LogP contribution is -2.43. The Morgan fingerprint density at radius 2 is 1.79 bits per heavy atom. The number of fused-ring (bicyclic) bond motifs is 2. The van der Waals surface area contributed by atoms with Gasteiger partial charge in [0, 0.05) is 12.5 Å². The first-order valence-electron chi connectivity index (χ1n) is 9.41. The molecular formula is C20H31NO6S. The Hall–Kier alpha value is -1.74. The van der Waals surface area contributed by atoms with Crippen molar-refractivity contribution in [3.63, 3.8) is 0 Å². The van der Waals surface area contributed by atoms with E-state index in [9.17, 15) is 13.2 Å². The van der Waals surface area contributed by atoms with Gasteiger partial charge in [-0.05, 0) is 68.4 Å². The normalized spacial score (nSPS) is 26.0. The number of unbranched alkanes of at least 4 members (excludes halogenated alkanes) is 1. The molecule has 0 amide bonds. The fourth-order valence-corrected chi connectivity index (χ4v) is 5.90. The molecule has 1 aromatic carbocycles. The van der Waals surface area contributed by atoms with Crippen LogP contribution in [0.4, 0.5) is 0 Å². The number of benzene rings is 1. The lowest BCUT2D eigenvalue weighted by molar-refractivity contribution is -0.137. The van der Waals surface area contributed by atoms with Crippen LogP contribution < -0.4 is 4.72 Å². The highest BCUT2D eigenvalue weighted by molar-refractivity contribution is 7.89. The van der Waals surface area contributed by atoms with Crippen LogP contribution in [0.2, 0.25) is 0 Å². The number of hydrogen-bond donors (Lipinski definition) is 2. The van der Waals surface area contributed by atoms with Crippen LogP contribution in [-0.4, -0.2) is 36.5 Å². The summed E-state index contributed by atoms with van der Waals surface area (Å²) >= 11 is 0. The average Bonchev–Trinajstić information content (AvgIpc) is 3.20. The Bertz CT molecular complexity index is 749. The predicted molar refractivity (Wildman–Crippen MR) is 107 cm³/mol. The standard InChI is InChI=1S/C20H27NO4S.2H2O/c22-19(23)11-7-2-1-6-10-18-15-12-13-16(14-15)20(18)21-26(24,25)17-8-4-3-5-9-17;;/h1,3-6,8-9,15-16,18,20-21H,2,7,10-14H2,(H,22,23);2*1H2/b6-1+;;/t15-,16+,18+,20+;;/m1../s1. The summed E-state index contributed by atoms with van der Waals surface area (Å²) in [4.78, 5) is 10.9. The van der Waals surface area contributed by atoms with Gasteiger partial charge in [-0.2, -0.15) is 0 Å². The molecule has 1 aromatic rings. The zero-order chi connectivity index (χ0) is 18.6. The summed E-state index contributed by atoms with van der Waals surface area (Å²) in [6, 6.07) is 8.57. The van der Waals surface area contributed by atoms with Crippen molar-refractivity contribution < 1.29 is 29.3 Å². The van der Waals surface area contributed by atoms with Crippen LogP contribution in [-0.2, 0) is 14.8 Å². The summed E-state index contributed by atoms with van der Waals surface area (Å²) in [6.07, 6.45) is 10.00. The molecule has 158 valence electrons. The largest absolute Gasteiger partial charge is 0.481 e. The second-order valence-corrected chi connectivity index (χ2v) is 9.16. The van der Waals surface area contributed by atoms with E-state index in [4.69, 9.17) is 5.11 Å². The molecule has 7 nitrogen and oxygen atoms in total. The molecule has 0 unspecified atom stereocenters. The number of sulfonamides is 1. The predicted octanol–water partition coefficient (Wildman–Crippen LogP) is 1.93. The lowest BCUT2D eigenvalue weighted by Gasteiger charge is -2.31. The van der Waals surface area contributed by atoms with Crippen molar-refractivity contribution in [2.45, 2.75) is 55.9 Å². The highest BCUT2D eigenvalue weighted by Gasteiger charge is 2.48. The summed E-state index contributed by atoms with van der Waals surface area (Å²) in [6.45, 7) is 0. The maximum absolute atomic E-state index is 12.7. The number of nitrogens with one attached hydrogen (secondary N) is 1. The molecule has 0 radical (unpaired) electrons. The molecule has 0 heterocycles. The van der Waals surface area contributed by atoms with E-state index < -0.39 is 16.0 Å². The SMILES string of the molecule is O.O.O=C(O)CCC/C=C/C[C@H]1[C@@H]2CC[C@@H](C2)[C@@H]1NS(=O)(=O)c1ccccc1. The summed E-state index contributed by atoms with van der Waals surface area (Å²) in [5.74, 6) is 0.598. The van der Waals surface area contributed by atoms with Gasteiger partial charge in [-0.1, -0.05) is 30.4 Å². The fraction of sp³-hybridized carbons (Fsp3) is 0.550. The molecular weight excluding hydrogens is 382 g/mol. The molecule has 0 saturated heterocycles. The summed E-state index contributed by atoms with van der Waals surface area (Å²) in [5.41, 5.74) is 0. The van der Waals surface area contributed by atoms with Gasteiger partial charge in [0.25, 0.3) is 0 Å². The van der Waals surface area contributed by atoms with E-state index >= 15 is 0 Å². The third-order valence-corrected chi connectivity index (χ3v) is 7.24. The number of aliphatic carboxylic acids is 1. The number of allylic oxidation sites excluding steroid dienone is 2. The van der Waals surface area contributed by atoms with E-state index in [0.717, 1.165) is 25.7 Å². The van der Waals surface area contributed by atoms with Gasteiger partial charge in [0.05, 0.1) is 4.90 Å².